The monoisotopic (exact) mass is 554 g/mol. The van der Waals surface area contributed by atoms with Gasteiger partial charge in [-0.25, -0.2) is 4.99 Å². The van der Waals surface area contributed by atoms with Crippen molar-refractivity contribution in [3.05, 3.63) is 41.6 Å². The summed E-state index contributed by atoms with van der Waals surface area (Å²) >= 11 is 1.80. The lowest BCUT2D eigenvalue weighted by Gasteiger charge is -2.31. The Balaban J connectivity index is 1.22. The number of hydrogen-bond acceptors (Lipinski definition) is 6. The molecule has 2 fully saturated rings. The molecular weight excluding hydrogens is 508 g/mol. The van der Waals surface area contributed by atoms with Crippen LogP contribution in [0.2, 0.25) is 0 Å². The number of nitrogens with zero attached hydrogens (tertiary/aromatic N) is 3. The van der Waals surface area contributed by atoms with Crippen molar-refractivity contribution in [3.63, 3.8) is 0 Å². The van der Waals surface area contributed by atoms with E-state index in [9.17, 15) is 9.59 Å². The summed E-state index contributed by atoms with van der Waals surface area (Å²) in [5.41, 5.74) is 2.49. The molecule has 1 aromatic carbocycles. The number of anilines is 1. The highest BCUT2D eigenvalue weighted by Crippen LogP contribution is 2.34. The fraction of sp³-hybridized carbons (Fsp3) is 0.645. The number of nitrogens with one attached hydrogen (secondary N) is 1. The second-order valence-electron chi connectivity index (χ2n) is 11.0. The Morgan fingerprint density at radius 2 is 1.90 bits per heavy atom. The van der Waals surface area contributed by atoms with Crippen LogP contribution in [0.25, 0.3) is 0 Å². The minimum atomic E-state index is 0.0449. The quantitative estimate of drug-likeness (QED) is 0.149. The van der Waals surface area contributed by atoms with Crippen LogP contribution < -0.4 is 10.2 Å². The van der Waals surface area contributed by atoms with E-state index in [2.05, 4.69) is 22.3 Å². The summed E-state index contributed by atoms with van der Waals surface area (Å²) in [6, 6.07) is 10.2. The molecule has 0 atom stereocenters. The molecule has 1 aliphatic heterocycles. The van der Waals surface area contributed by atoms with Crippen LogP contribution in [-0.4, -0.2) is 73.4 Å². The molecule has 1 heterocycles. The van der Waals surface area contributed by atoms with Crippen molar-refractivity contribution >= 4 is 34.8 Å². The number of hydrogen-bond donors (Lipinski definition) is 1. The smallest absolute Gasteiger partial charge is 0.236 e. The molecule has 0 bridgehead atoms. The second-order valence-corrected chi connectivity index (χ2v) is 12.3. The number of carbonyl (C=O) groups is 2. The Bertz CT molecular complexity index is 973. The minimum absolute atomic E-state index is 0.0449. The maximum Gasteiger partial charge on any atom is 0.236 e. The van der Waals surface area contributed by atoms with Crippen LogP contribution in [0, 0.1) is 0 Å². The molecule has 3 aliphatic rings. The maximum absolute atomic E-state index is 12.8. The molecule has 214 valence electrons. The van der Waals surface area contributed by atoms with E-state index >= 15 is 0 Å². The second kappa shape index (κ2) is 16.2. The summed E-state index contributed by atoms with van der Waals surface area (Å²) in [7, 11) is 2.04. The molecule has 2 aliphatic carbocycles. The molecule has 0 spiro atoms. The molecule has 1 aromatic rings. The summed E-state index contributed by atoms with van der Waals surface area (Å²) in [5.74, 6) is 0.0449. The molecule has 39 heavy (non-hydrogen) atoms. The van der Waals surface area contributed by atoms with E-state index in [-0.39, 0.29) is 5.91 Å². The van der Waals surface area contributed by atoms with Crippen LogP contribution in [0.1, 0.15) is 77.0 Å². The maximum atomic E-state index is 12.8. The number of aldehydes is 1. The molecule has 7 nitrogen and oxygen atoms in total. The van der Waals surface area contributed by atoms with Gasteiger partial charge in [-0.1, -0.05) is 55.6 Å². The van der Waals surface area contributed by atoms with Gasteiger partial charge in [0.05, 0.1) is 24.9 Å². The molecular formula is C31H46N4O3S. The molecule has 0 unspecified atom stereocenters. The first kappa shape index (κ1) is 29.8. The standard InChI is InChI=1S/C31H46N4O3S/c1-34(26-12-5-2-6-13-26)31(39-28-16-11-17-28)33-29-18-20-35(23-25(29)24-36)30(37)22-32-19-9-4-10-21-38-27-14-7-3-8-15-27/h2,5-6,12-13,24,27-28,32H,3-4,7-11,14-23H2,1H3. The highest BCUT2D eigenvalue weighted by Gasteiger charge is 2.26. The number of amides is 1. The fourth-order valence-corrected chi connectivity index (χ4v) is 6.53. The lowest BCUT2D eigenvalue weighted by atomic mass is 9.98. The lowest BCUT2D eigenvalue weighted by Crippen LogP contribution is -2.42. The third kappa shape index (κ3) is 9.47. The Kier molecular flexibility index (Phi) is 12.4. The zero-order chi connectivity index (χ0) is 27.3. The number of benzene rings is 1. The Hall–Kier alpha value is -2.16. The Morgan fingerprint density at radius 3 is 2.62 bits per heavy atom. The van der Waals surface area contributed by atoms with E-state index < -0.39 is 0 Å². The largest absolute Gasteiger partial charge is 0.378 e. The molecule has 8 heteroatoms. The first-order chi connectivity index (χ1) is 19.1. The summed E-state index contributed by atoms with van der Waals surface area (Å²) in [5, 5.41) is 4.79. The molecule has 0 saturated heterocycles. The predicted octanol–water partition coefficient (Wildman–Crippen LogP) is 5.56. The molecule has 1 amide bonds. The van der Waals surface area contributed by atoms with Gasteiger partial charge in [-0.05, 0) is 63.6 Å². The van der Waals surface area contributed by atoms with Crippen molar-refractivity contribution in [1.82, 2.24) is 10.2 Å². The third-order valence-electron chi connectivity index (χ3n) is 8.01. The number of aliphatic imine (C=N–C) groups is 1. The number of carbonyl (C=O) groups excluding carboxylic acids is 2. The van der Waals surface area contributed by atoms with Crippen molar-refractivity contribution < 1.29 is 14.3 Å². The van der Waals surface area contributed by atoms with Gasteiger partial charge in [0.1, 0.15) is 6.29 Å². The molecule has 1 N–H and O–H groups in total. The van der Waals surface area contributed by atoms with E-state index in [1.165, 1.54) is 51.4 Å². The SMILES string of the molecule is CN(C(=NC1=C(C=O)CN(C(=O)CNCCCCCOC2CCCCC2)CC1)SC1CCC1)c1ccccc1. The number of rotatable bonds is 13. The van der Waals surface area contributed by atoms with Gasteiger partial charge >= 0.3 is 0 Å². The normalized spacial score (nSPS) is 19.2. The van der Waals surface area contributed by atoms with Gasteiger partial charge < -0.3 is 19.9 Å². The van der Waals surface area contributed by atoms with Crippen molar-refractivity contribution in [2.75, 3.05) is 44.7 Å². The van der Waals surface area contributed by atoms with E-state index in [1.54, 1.807) is 16.7 Å². The van der Waals surface area contributed by atoms with Crippen LogP contribution in [0.4, 0.5) is 5.69 Å². The number of thioether (sulfide) groups is 1. The van der Waals surface area contributed by atoms with Gasteiger partial charge in [-0.3, -0.25) is 9.59 Å². The van der Waals surface area contributed by atoms with E-state index in [1.807, 2.05) is 25.2 Å². The van der Waals surface area contributed by atoms with Crippen molar-refractivity contribution in [1.29, 1.82) is 0 Å². The van der Waals surface area contributed by atoms with Crippen molar-refractivity contribution in [2.45, 2.75) is 88.4 Å². The number of unbranched alkanes of at least 4 members (excludes halogenated alkanes) is 2. The zero-order valence-electron chi connectivity index (χ0n) is 23.6. The van der Waals surface area contributed by atoms with Gasteiger partial charge in [0, 0.05) is 43.1 Å². The summed E-state index contributed by atoms with van der Waals surface area (Å²) in [4.78, 5) is 33.8. The third-order valence-corrected chi connectivity index (χ3v) is 9.39. The molecule has 4 rings (SSSR count). The van der Waals surface area contributed by atoms with Crippen LogP contribution in [0.3, 0.4) is 0 Å². The van der Waals surface area contributed by atoms with E-state index in [4.69, 9.17) is 9.73 Å². The first-order valence-corrected chi connectivity index (χ1v) is 15.8. The average Bonchev–Trinajstić information content (AvgIpc) is 2.96. The van der Waals surface area contributed by atoms with E-state index in [0.29, 0.717) is 43.0 Å². The van der Waals surface area contributed by atoms with Gasteiger partial charge in [0.15, 0.2) is 5.17 Å². The fourth-order valence-electron chi connectivity index (χ4n) is 5.24. The van der Waals surface area contributed by atoms with Gasteiger partial charge in [0.2, 0.25) is 5.91 Å². The number of amidine groups is 1. The van der Waals surface area contributed by atoms with Crippen LogP contribution in [0.15, 0.2) is 46.6 Å². The van der Waals surface area contributed by atoms with Crippen LogP contribution in [-0.2, 0) is 14.3 Å². The van der Waals surface area contributed by atoms with Crippen LogP contribution in [0.5, 0.6) is 0 Å². The summed E-state index contributed by atoms with van der Waals surface area (Å²) in [6.45, 7) is 2.90. The highest BCUT2D eigenvalue weighted by molar-refractivity contribution is 8.14. The van der Waals surface area contributed by atoms with Gasteiger partial charge in [0.25, 0.3) is 0 Å². The number of ether oxygens (including phenoxy) is 1. The predicted molar refractivity (Wildman–Crippen MR) is 161 cm³/mol. The molecule has 2 saturated carbocycles. The van der Waals surface area contributed by atoms with Crippen LogP contribution >= 0.6 is 11.8 Å². The molecule has 0 aromatic heterocycles. The summed E-state index contributed by atoms with van der Waals surface area (Å²) < 4.78 is 6.00. The lowest BCUT2D eigenvalue weighted by molar-refractivity contribution is -0.130. The average molecular weight is 555 g/mol. The highest BCUT2D eigenvalue weighted by atomic mass is 32.2. The van der Waals surface area contributed by atoms with Crippen molar-refractivity contribution in [2.24, 2.45) is 4.99 Å². The zero-order valence-corrected chi connectivity index (χ0v) is 24.4. The Labute approximate surface area is 238 Å². The van der Waals surface area contributed by atoms with Gasteiger partial charge in [-0.2, -0.15) is 0 Å². The van der Waals surface area contributed by atoms with Gasteiger partial charge in [-0.15, -0.1) is 0 Å². The first-order valence-electron chi connectivity index (χ1n) is 15.0. The minimum Gasteiger partial charge on any atom is -0.378 e. The molecule has 0 radical (unpaired) electrons. The number of para-hydroxylation sites is 1. The Morgan fingerprint density at radius 1 is 1.10 bits per heavy atom. The van der Waals surface area contributed by atoms with E-state index in [0.717, 1.165) is 55.3 Å². The summed E-state index contributed by atoms with van der Waals surface area (Å²) in [6.07, 6.45) is 15.3. The van der Waals surface area contributed by atoms with Crippen molar-refractivity contribution in [3.8, 4) is 0 Å². The topological polar surface area (TPSA) is 74.2 Å².